The second-order valence-corrected chi connectivity index (χ2v) is 5.88. The van der Waals surface area contributed by atoms with Crippen molar-refractivity contribution in [2.75, 3.05) is 6.54 Å². The molecule has 0 saturated heterocycles. The van der Waals surface area contributed by atoms with Gasteiger partial charge in [0.2, 0.25) is 0 Å². The van der Waals surface area contributed by atoms with Crippen LogP contribution in [-0.2, 0) is 6.42 Å². The van der Waals surface area contributed by atoms with Gasteiger partial charge in [0, 0.05) is 30.4 Å². The first-order chi connectivity index (χ1) is 11.6. The number of fused-ring (bicyclic) bond motifs is 1. The number of halogens is 2. The van der Waals surface area contributed by atoms with Crippen molar-refractivity contribution in [3.05, 3.63) is 58.6 Å². The van der Waals surface area contributed by atoms with Crippen LogP contribution in [0.5, 0.6) is 0 Å². The van der Waals surface area contributed by atoms with E-state index in [9.17, 15) is 9.18 Å². The molecule has 4 rings (SSSR count). The summed E-state index contributed by atoms with van der Waals surface area (Å²) in [5.41, 5.74) is 3.46. The molecule has 0 radical (unpaired) electrons. The maximum atomic E-state index is 13.2. The molecule has 2 N–H and O–H groups in total. The molecule has 1 aromatic carbocycles. The number of hydrogen-bond acceptors (Lipinski definition) is 3. The van der Waals surface area contributed by atoms with Crippen LogP contribution in [0.2, 0.25) is 5.02 Å². The van der Waals surface area contributed by atoms with Crippen LogP contribution in [0.1, 0.15) is 16.1 Å². The number of nitrogens with zero attached hydrogens (tertiary/aromatic N) is 2. The zero-order chi connectivity index (χ0) is 16.7. The van der Waals surface area contributed by atoms with Crippen LogP contribution in [-0.4, -0.2) is 27.4 Å². The molecule has 0 atom stereocenters. The summed E-state index contributed by atoms with van der Waals surface area (Å²) < 4.78 is 13.2. The zero-order valence-corrected chi connectivity index (χ0v) is 13.2. The normalized spacial score (nSPS) is 13.5. The van der Waals surface area contributed by atoms with E-state index in [0.29, 0.717) is 29.2 Å². The second kappa shape index (κ2) is 5.72. The lowest BCUT2D eigenvalue weighted by Gasteiger charge is -2.10. The zero-order valence-electron chi connectivity index (χ0n) is 12.4. The van der Waals surface area contributed by atoms with Gasteiger partial charge >= 0.3 is 0 Å². The van der Waals surface area contributed by atoms with Crippen molar-refractivity contribution in [3.8, 4) is 22.8 Å². The van der Waals surface area contributed by atoms with Gasteiger partial charge in [-0.15, -0.1) is 0 Å². The van der Waals surface area contributed by atoms with E-state index in [-0.39, 0.29) is 10.9 Å². The van der Waals surface area contributed by atoms with E-state index < -0.39 is 5.82 Å². The number of aromatic amines is 1. The Morgan fingerprint density at radius 1 is 1.17 bits per heavy atom. The average Bonchev–Trinajstić information content (AvgIpc) is 3.01. The predicted octanol–water partition coefficient (Wildman–Crippen LogP) is 3.22. The topological polar surface area (TPSA) is 70.7 Å². The number of benzene rings is 1. The van der Waals surface area contributed by atoms with Crippen molar-refractivity contribution in [1.29, 1.82) is 0 Å². The largest absolute Gasteiger partial charge is 0.356 e. The summed E-state index contributed by atoms with van der Waals surface area (Å²) in [5.74, 6) is -0.105. The molecule has 5 nitrogen and oxygen atoms in total. The average molecular weight is 343 g/mol. The van der Waals surface area contributed by atoms with Crippen LogP contribution in [0.15, 0.2) is 36.5 Å². The number of rotatable bonds is 2. The van der Waals surface area contributed by atoms with E-state index >= 15 is 0 Å². The van der Waals surface area contributed by atoms with Crippen LogP contribution in [0, 0.1) is 5.82 Å². The lowest BCUT2D eigenvalue weighted by atomic mass is 10.1. The Bertz CT molecular complexity index is 954. The highest BCUT2D eigenvalue weighted by molar-refractivity contribution is 6.33. The van der Waals surface area contributed by atoms with Gasteiger partial charge in [0.25, 0.3) is 5.91 Å². The second-order valence-electron chi connectivity index (χ2n) is 5.47. The van der Waals surface area contributed by atoms with E-state index in [1.807, 2.05) is 0 Å². The minimum absolute atomic E-state index is 0.0883. The van der Waals surface area contributed by atoms with Gasteiger partial charge in [0.1, 0.15) is 5.82 Å². The molecule has 3 aromatic rings. The molecule has 0 spiro atoms. The summed E-state index contributed by atoms with van der Waals surface area (Å²) in [5, 5.41) is 3.06. The third-order valence-corrected chi connectivity index (χ3v) is 4.22. The molecule has 1 aliphatic heterocycles. The number of nitrogens with one attached hydrogen (secondary N) is 2. The molecular formula is C17H12ClFN4O. The quantitative estimate of drug-likeness (QED) is 0.751. The molecule has 2 aromatic heterocycles. The van der Waals surface area contributed by atoms with Crippen molar-refractivity contribution < 1.29 is 9.18 Å². The highest BCUT2D eigenvalue weighted by atomic mass is 35.5. The van der Waals surface area contributed by atoms with Crippen molar-refractivity contribution in [2.24, 2.45) is 0 Å². The van der Waals surface area contributed by atoms with Gasteiger partial charge in [-0.25, -0.2) is 14.4 Å². The summed E-state index contributed by atoms with van der Waals surface area (Å²) in [6.07, 6.45) is 2.36. The molecule has 0 unspecified atom stereocenters. The number of H-pyrrole nitrogens is 1. The minimum atomic E-state index is -0.414. The molecule has 0 aliphatic carbocycles. The van der Waals surface area contributed by atoms with Crippen LogP contribution < -0.4 is 5.32 Å². The highest BCUT2D eigenvalue weighted by Crippen LogP contribution is 2.28. The van der Waals surface area contributed by atoms with Gasteiger partial charge in [-0.3, -0.25) is 4.79 Å². The van der Waals surface area contributed by atoms with E-state index in [1.54, 1.807) is 24.4 Å². The van der Waals surface area contributed by atoms with Crippen molar-refractivity contribution in [2.45, 2.75) is 6.42 Å². The Hall–Kier alpha value is -2.73. The molecule has 1 amide bonds. The first-order valence-electron chi connectivity index (χ1n) is 7.41. The van der Waals surface area contributed by atoms with Gasteiger partial charge in [-0.2, -0.15) is 0 Å². The Morgan fingerprint density at radius 2 is 2.04 bits per heavy atom. The molecule has 0 bridgehead atoms. The molecule has 0 fully saturated rings. The number of carbonyl (C=O) groups excluding carboxylic acids is 1. The molecule has 120 valence electrons. The van der Waals surface area contributed by atoms with Crippen LogP contribution in [0.3, 0.4) is 0 Å². The lowest BCUT2D eigenvalue weighted by molar-refractivity contribution is 0.0946. The molecule has 24 heavy (non-hydrogen) atoms. The maximum Gasteiger partial charge on any atom is 0.253 e. The van der Waals surface area contributed by atoms with Gasteiger partial charge in [0.05, 0.1) is 22.0 Å². The Labute approximate surface area is 141 Å². The monoisotopic (exact) mass is 342 g/mol. The van der Waals surface area contributed by atoms with Crippen LogP contribution in [0.25, 0.3) is 22.8 Å². The van der Waals surface area contributed by atoms with Crippen molar-refractivity contribution in [1.82, 2.24) is 20.3 Å². The van der Waals surface area contributed by atoms with E-state index in [0.717, 1.165) is 17.8 Å². The van der Waals surface area contributed by atoms with E-state index in [4.69, 9.17) is 11.6 Å². The number of amides is 1. The fourth-order valence-corrected chi connectivity index (χ4v) is 2.99. The molecule has 7 heteroatoms. The molecular weight excluding hydrogens is 331 g/mol. The minimum Gasteiger partial charge on any atom is -0.356 e. The van der Waals surface area contributed by atoms with Gasteiger partial charge in [-0.1, -0.05) is 11.6 Å². The van der Waals surface area contributed by atoms with Gasteiger partial charge < -0.3 is 10.3 Å². The smallest absolute Gasteiger partial charge is 0.253 e. The lowest BCUT2D eigenvalue weighted by Crippen LogP contribution is -2.31. The number of aromatic nitrogens is 3. The van der Waals surface area contributed by atoms with Gasteiger partial charge in [0.15, 0.2) is 5.82 Å². The fraction of sp³-hybridized carbons (Fsp3) is 0.118. The third kappa shape index (κ3) is 2.55. The highest BCUT2D eigenvalue weighted by Gasteiger charge is 2.20. The standard InChI is InChI=1S/C17H12ClFN4O/c18-12-7-9(19)1-2-10(12)16-20-5-4-14(23-16)15-8-11-13(22-15)3-6-21-17(11)24/h1-2,4-5,7-8,22H,3,6H2,(H,21,24). The summed E-state index contributed by atoms with van der Waals surface area (Å²) in [6, 6.07) is 7.61. The molecule has 0 saturated carbocycles. The predicted molar refractivity (Wildman–Crippen MR) is 88.3 cm³/mol. The van der Waals surface area contributed by atoms with Crippen molar-refractivity contribution >= 4 is 17.5 Å². The van der Waals surface area contributed by atoms with Gasteiger partial charge in [-0.05, 0) is 30.3 Å². The third-order valence-electron chi connectivity index (χ3n) is 3.91. The number of carbonyl (C=O) groups is 1. The summed E-state index contributed by atoms with van der Waals surface area (Å²) in [7, 11) is 0. The Kier molecular flexibility index (Phi) is 3.54. The Morgan fingerprint density at radius 3 is 2.83 bits per heavy atom. The first kappa shape index (κ1) is 14.8. The van der Waals surface area contributed by atoms with E-state index in [2.05, 4.69) is 20.3 Å². The van der Waals surface area contributed by atoms with Crippen molar-refractivity contribution in [3.63, 3.8) is 0 Å². The fourth-order valence-electron chi connectivity index (χ4n) is 2.74. The molecule has 1 aliphatic rings. The Balaban J connectivity index is 1.77. The number of hydrogen-bond donors (Lipinski definition) is 2. The van der Waals surface area contributed by atoms with Crippen LogP contribution in [0.4, 0.5) is 4.39 Å². The SMILES string of the molecule is O=C1NCCc2[nH]c(-c3ccnc(-c4ccc(F)cc4Cl)n3)cc21. The summed E-state index contributed by atoms with van der Waals surface area (Å²) in [4.78, 5) is 23.8. The summed E-state index contributed by atoms with van der Waals surface area (Å²) >= 11 is 6.08. The van der Waals surface area contributed by atoms with E-state index in [1.165, 1.54) is 12.1 Å². The van der Waals surface area contributed by atoms with Crippen LogP contribution >= 0.6 is 11.6 Å². The maximum absolute atomic E-state index is 13.2. The first-order valence-corrected chi connectivity index (χ1v) is 7.78. The summed E-state index contributed by atoms with van der Waals surface area (Å²) in [6.45, 7) is 0.617. The molecule has 3 heterocycles.